The number of para-hydroxylation sites is 1. The fourth-order valence-electron chi connectivity index (χ4n) is 3.26. The van der Waals surface area contributed by atoms with E-state index in [1.54, 1.807) is 18.3 Å². The zero-order valence-electron chi connectivity index (χ0n) is 15.4. The van der Waals surface area contributed by atoms with Crippen molar-refractivity contribution in [1.29, 1.82) is 0 Å². The highest BCUT2D eigenvalue weighted by Crippen LogP contribution is 2.26. The molecule has 1 aliphatic heterocycles. The molecule has 2 heterocycles. The number of amides is 2. The van der Waals surface area contributed by atoms with E-state index in [4.69, 9.17) is 4.74 Å². The number of ether oxygens (including phenoxy) is 1. The fraction of sp³-hybridized carbons (Fsp3) is 0.190. The number of hydrazone groups is 1. The van der Waals surface area contributed by atoms with Gasteiger partial charge >= 0.3 is 0 Å². The summed E-state index contributed by atoms with van der Waals surface area (Å²) in [5.74, 6) is 0.255. The molecule has 3 aromatic rings. The molecular formula is C21H20N4O3. The normalized spacial score (nSPS) is 13.4. The van der Waals surface area contributed by atoms with Gasteiger partial charge in [-0.05, 0) is 43.2 Å². The van der Waals surface area contributed by atoms with E-state index in [0.717, 1.165) is 33.4 Å². The van der Waals surface area contributed by atoms with Crippen molar-refractivity contribution in [3.63, 3.8) is 0 Å². The minimum Gasteiger partial charge on any atom is -0.484 e. The van der Waals surface area contributed by atoms with Gasteiger partial charge < -0.3 is 15.0 Å². The van der Waals surface area contributed by atoms with Gasteiger partial charge in [0, 0.05) is 34.3 Å². The highest BCUT2D eigenvalue weighted by Gasteiger charge is 2.15. The zero-order chi connectivity index (χ0) is 19.5. The number of nitrogens with one attached hydrogen (secondary N) is 3. The Kier molecular flexibility index (Phi) is 4.80. The molecule has 0 fully saturated rings. The molecule has 142 valence electrons. The molecular weight excluding hydrogens is 356 g/mol. The van der Waals surface area contributed by atoms with E-state index >= 15 is 0 Å². The summed E-state index contributed by atoms with van der Waals surface area (Å²) in [6, 6.07) is 13.3. The number of benzene rings is 2. The van der Waals surface area contributed by atoms with E-state index in [2.05, 4.69) is 20.8 Å². The Morgan fingerprint density at radius 1 is 1.25 bits per heavy atom. The largest absolute Gasteiger partial charge is 0.484 e. The molecule has 0 radical (unpaired) electrons. The number of aryl methyl sites for hydroxylation is 2. The zero-order valence-corrected chi connectivity index (χ0v) is 15.4. The number of aromatic amines is 1. The topological polar surface area (TPSA) is 95.6 Å². The Hall–Kier alpha value is -3.61. The summed E-state index contributed by atoms with van der Waals surface area (Å²) >= 11 is 0. The molecule has 3 N–H and O–H groups in total. The van der Waals surface area contributed by atoms with Crippen molar-refractivity contribution in [3.05, 3.63) is 59.3 Å². The average molecular weight is 376 g/mol. The van der Waals surface area contributed by atoms with Crippen molar-refractivity contribution in [1.82, 2.24) is 10.4 Å². The Labute approximate surface area is 161 Å². The molecule has 2 aromatic carbocycles. The van der Waals surface area contributed by atoms with Crippen LogP contribution in [0, 0.1) is 6.92 Å². The van der Waals surface area contributed by atoms with Crippen LogP contribution in [0.5, 0.6) is 5.75 Å². The molecule has 2 amide bonds. The van der Waals surface area contributed by atoms with Crippen LogP contribution in [0.15, 0.2) is 47.6 Å². The van der Waals surface area contributed by atoms with Gasteiger partial charge in [0.2, 0.25) is 5.91 Å². The summed E-state index contributed by atoms with van der Waals surface area (Å²) in [6.45, 7) is 1.82. The Bertz CT molecular complexity index is 1080. The maximum absolute atomic E-state index is 12.0. The quantitative estimate of drug-likeness (QED) is 0.472. The first-order valence-electron chi connectivity index (χ1n) is 9.05. The molecule has 28 heavy (non-hydrogen) atoms. The monoisotopic (exact) mass is 376 g/mol. The molecule has 1 aliphatic rings. The summed E-state index contributed by atoms with van der Waals surface area (Å²) in [5, 5.41) is 7.91. The summed E-state index contributed by atoms with van der Waals surface area (Å²) in [5.41, 5.74) is 7.24. The molecule has 7 heteroatoms. The second kappa shape index (κ2) is 7.56. The summed E-state index contributed by atoms with van der Waals surface area (Å²) in [7, 11) is 0. The summed E-state index contributed by atoms with van der Waals surface area (Å²) < 4.78 is 5.54. The Morgan fingerprint density at radius 2 is 2.11 bits per heavy atom. The van der Waals surface area contributed by atoms with Crippen LogP contribution in [-0.2, 0) is 16.0 Å². The minimum atomic E-state index is -0.347. The second-order valence-electron chi connectivity index (χ2n) is 6.66. The van der Waals surface area contributed by atoms with Gasteiger partial charge in [0.05, 0.1) is 6.21 Å². The standard InChI is InChI=1S/C21H20N4O3/c1-13-17(16-4-2-3-5-19(16)23-13)11-22-25-21(27)12-28-15-7-8-18-14(10-15)6-9-20(26)24-18/h2-5,7-8,10-11,23H,6,9,12H2,1H3,(H,24,26)(H,25,27)/b22-11+. The smallest absolute Gasteiger partial charge is 0.277 e. The van der Waals surface area contributed by atoms with Crippen molar-refractivity contribution >= 4 is 34.6 Å². The average Bonchev–Trinajstić information content (AvgIpc) is 3.01. The predicted octanol–water partition coefficient (Wildman–Crippen LogP) is 2.89. The number of hydrogen-bond donors (Lipinski definition) is 3. The number of hydrogen-bond acceptors (Lipinski definition) is 4. The fourth-order valence-corrected chi connectivity index (χ4v) is 3.26. The number of carbonyl (C=O) groups excluding carboxylic acids is 2. The van der Waals surface area contributed by atoms with E-state index in [9.17, 15) is 9.59 Å². The highest BCUT2D eigenvalue weighted by atomic mass is 16.5. The van der Waals surface area contributed by atoms with Crippen LogP contribution in [0.2, 0.25) is 0 Å². The molecule has 0 aliphatic carbocycles. The van der Waals surface area contributed by atoms with Gasteiger partial charge in [0.25, 0.3) is 5.91 Å². The number of carbonyl (C=O) groups is 2. The van der Waals surface area contributed by atoms with Gasteiger partial charge in [0.15, 0.2) is 6.61 Å². The van der Waals surface area contributed by atoms with Gasteiger partial charge in [-0.1, -0.05) is 18.2 Å². The predicted molar refractivity (Wildman–Crippen MR) is 108 cm³/mol. The third-order valence-corrected chi connectivity index (χ3v) is 4.67. The van der Waals surface area contributed by atoms with Gasteiger partial charge in [0.1, 0.15) is 5.75 Å². The molecule has 0 atom stereocenters. The first-order chi connectivity index (χ1) is 13.6. The molecule has 0 saturated carbocycles. The van der Waals surface area contributed by atoms with Crippen LogP contribution < -0.4 is 15.5 Å². The third kappa shape index (κ3) is 3.73. The van der Waals surface area contributed by atoms with Crippen molar-refractivity contribution in [3.8, 4) is 5.75 Å². The van der Waals surface area contributed by atoms with Gasteiger partial charge in [-0.15, -0.1) is 0 Å². The van der Waals surface area contributed by atoms with Crippen molar-refractivity contribution in [2.75, 3.05) is 11.9 Å². The SMILES string of the molecule is Cc1[nH]c2ccccc2c1/C=N/NC(=O)COc1ccc2c(c1)CCC(=O)N2. The Balaban J connectivity index is 1.34. The van der Waals surface area contributed by atoms with E-state index in [0.29, 0.717) is 18.6 Å². The van der Waals surface area contributed by atoms with E-state index in [1.807, 2.05) is 37.3 Å². The number of anilines is 1. The summed E-state index contributed by atoms with van der Waals surface area (Å²) in [6.07, 6.45) is 2.76. The first kappa shape index (κ1) is 17.8. The van der Waals surface area contributed by atoms with Crippen molar-refractivity contribution in [2.45, 2.75) is 19.8 Å². The number of fused-ring (bicyclic) bond motifs is 2. The molecule has 7 nitrogen and oxygen atoms in total. The highest BCUT2D eigenvalue weighted by molar-refractivity contribution is 6.00. The lowest BCUT2D eigenvalue weighted by molar-refractivity contribution is -0.123. The Morgan fingerprint density at radius 3 is 3.00 bits per heavy atom. The second-order valence-corrected chi connectivity index (χ2v) is 6.66. The maximum atomic E-state index is 12.0. The van der Waals surface area contributed by atoms with Crippen LogP contribution in [0.1, 0.15) is 23.2 Å². The van der Waals surface area contributed by atoms with E-state index < -0.39 is 0 Å². The van der Waals surface area contributed by atoms with Crippen LogP contribution in [0.4, 0.5) is 5.69 Å². The van der Waals surface area contributed by atoms with E-state index in [-0.39, 0.29) is 18.4 Å². The number of aromatic nitrogens is 1. The van der Waals surface area contributed by atoms with Crippen LogP contribution in [0.3, 0.4) is 0 Å². The third-order valence-electron chi connectivity index (χ3n) is 4.67. The lowest BCUT2D eigenvalue weighted by Crippen LogP contribution is -2.24. The minimum absolute atomic E-state index is 0.0174. The van der Waals surface area contributed by atoms with Crippen LogP contribution >= 0.6 is 0 Å². The number of nitrogens with zero attached hydrogens (tertiary/aromatic N) is 1. The van der Waals surface area contributed by atoms with Gasteiger partial charge in [-0.2, -0.15) is 5.10 Å². The summed E-state index contributed by atoms with van der Waals surface area (Å²) in [4.78, 5) is 26.7. The van der Waals surface area contributed by atoms with Crippen LogP contribution in [0.25, 0.3) is 10.9 Å². The molecule has 0 bridgehead atoms. The lowest BCUT2D eigenvalue weighted by atomic mass is 10.0. The molecule has 1 aromatic heterocycles. The first-order valence-corrected chi connectivity index (χ1v) is 9.05. The maximum Gasteiger partial charge on any atom is 0.277 e. The molecule has 0 spiro atoms. The molecule has 4 rings (SSSR count). The van der Waals surface area contributed by atoms with Crippen LogP contribution in [-0.4, -0.2) is 29.6 Å². The molecule has 0 unspecified atom stereocenters. The van der Waals surface area contributed by atoms with E-state index in [1.165, 1.54) is 0 Å². The lowest BCUT2D eigenvalue weighted by Gasteiger charge is -2.17. The van der Waals surface area contributed by atoms with Crippen molar-refractivity contribution in [2.24, 2.45) is 5.10 Å². The van der Waals surface area contributed by atoms with Gasteiger partial charge in [-0.25, -0.2) is 5.43 Å². The number of H-pyrrole nitrogens is 1. The van der Waals surface area contributed by atoms with Crippen molar-refractivity contribution < 1.29 is 14.3 Å². The van der Waals surface area contributed by atoms with Gasteiger partial charge in [-0.3, -0.25) is 9.59 Å². The molecule has 0 saturated heterocycles. The number of rotatable bonds is 5.